The molecule has 2 heteroatoms. The van der Waals surface area contributed by atoms with Crippen LogP contribution in [-0.2, 0) is 0 Å². The van der Waals surface area contributed by atoms with Gasteiger partial charge in [0.15, 0.2) is 0 Å². The van der Waals surface area contributed by atoms with Gasteiger partial charge in [0.25, 0.3) is 0 Å². The Morgan fingerprint density at radius 1 is 1.55 bits per heavy atom. The van der Waals surface area contributed by atoms with Gasteiger partial charge < -0.3 is 5.32 Å². The molecule has 0 amide bonds. The molecule has 0 aromatic heterocycles. The van der Waals surface area contributed by atoms with Crippen LogP contribution in [0.5, 0.6) is 0 Å². The van der Waals surface area contributed by atoms with Gasteiger partial charge in [-0.15, -0.1) is 0 Å². The third-order valence-corrected chi connectivity index (χ3v) is 0.994. The molecule has 0 saturated carbocycles. The Labute approximate surface area is 68.0 Å². The van der Waals surface area contributed by atoms with Crippen molar-refractivity contribution in [3.63, 3.8) is 0 Å². The predicted octanol–water partition coefficient (Wildman–Crippen LogP) is 2.23. The predicted molar refractivity (Wildman–Crippen MR) is 50.4 cm³/mol. The first-order chi connectivity index (χ1) is 5.20. The number of rotatable bonds is 3. The van der Waals surface area contributed by atoms with Gasteiger partial charge >= 0.3 is 0 Å². The summed E-state index contributed by atoms with van der Waals surface area (Å²) in [5, 5.41) is 2.98. The zero-order valence-corrected chi connectivity index (χ0v) is 7.09. The van der Waals surface area contributed by atoms with Crippen LogP contribution in [0.25, 0.3) is 0 Å². The number of hydrogen-bond donors (Lipinski definition) is 1. The summed E-state index contributed by atoms with van der Waals surface area (Å²) >= 11 is 0. The van der Waals surface area contributed by atoms with E-state index >= 15 is 0 Å². The van der Waals surface area contributed by atoms with Gasteiger partial charge in [-0.05, 0) is 19.9 Å². The minimum absolute atomic E-state index is 0.795. The highest BCUT2D eigenvalue weighted by molar-refractivity contribution is 5.82. The van der Waals surface area contributed by atoms with Crippen molar-refractivity contribution in [1.29, 1.82) is 0 Å². The molecule has 0 heterocycles. The van der Waals surface area contributed by atoms with E-state index in [-0.39, 0.29) is 0 Å². The molecule has 0 aromatic carbocycles. The molecule has 0 atom stereocenters. The van der Waals surface area contributed by atoms with E-state index in [0.29, 0.717) is 0 Å². The number of nitrogens with one attached hydrogen (secondary N) is 1. The van der Waals surface area contributed by atoms with Crippen LogP contribution in [0.1, 0.15) is 13.8 Å². The van der Waals surface area contributed by atoms with Crippen molar-refractivity contribution >= 4 is 5.84 Å². The van der Waals surface area contributed by atoms with Gasteiger partial charge in [0, 0.05) is 11.9 Å². The smallest absolute Gasteiger partial charge is 0.103 e. The minimum Gasteiger partial charge on any atom is -0.345 e. The first-order valence-corrected chi connectivity index (χ1v) is 3.44. The van der Waals surface area contributed by atoms with E-state index in [2.05, 4.69) is 23.5 Å². The van der Waals surface area contributed by atoms with E-state index in [1.807, 2.05) is 26.0 Å². The summed E-state index contributed by atoms with van der Waals surface area (Å²) in [6, 6.07) is 0. The summed E-state index contributed by atoms with van der Waals surface area (Å²) in [6.45, 7) is 11.0. The van der Waals surface area contributed by atoms with Crippen LogP contribution < -0.4 is 5.32 Å². The normalized spacial score (nSPS) is 11.6. The lowest BCUT2D eigenvalue weighted by atomic mass is 10.4. The van der Waals surface area contributed by atoms with Crippen LogP contribution in [0.3, 0.4) is 0 Å². The summed E-state index contributed by atoms with van der Waals surface area (Å²) in [4.78, 5) is 3.92. The third kappa shape index (κ3) is 5.15. The number of allylic oxidation sites excluding steroid dienone is 2. The monoisotopic (exact) mass is 150 g/mol. The van der Waals surface area contributed by atoms with Gasteiger partial charge in [0.1, 0.15) is 5.84 Å². The van der Waals surface area contributed by atoms with E-state index in [1.54, 1.807) is 0 Å². The van der Waals surface area contributed by atoms with Crippen LogP contribution in [0.2, 0.25) is 0 Å². The molecule has 0 aliphatic rings. The zero-order chi connectivity index (χ0) is 8.69. The van der Waals surface area contributed by atoms with Gasteiger partial charge in [-0.1, -0.05) is 19.2 Å². The van der Waals surface area contributed by atoms with Gasteiger partial charge in [0.05, 0.1) is 0 Å². The van der Waals surface area contributed by atoms with E-state index in [4.69, 9.17) is 0 Å². The first-order valence-electron chi connectivity index (χ1n) is 3.44. The Balaban J connectivity index is 3.94. The number of nitrogens with zero attached hydrogens (tertiary/aromatic N) is 1. The van der Waals surface area contributed by atoms with Gasteiger partial charge in [-0.2, -0.15) is 0 Å². The van der Waals surface area contributed by atoms with Crippen molar-refractivity contribution in [2.24, 2.45) is 4.99 Å². The van der Waals surface area contributed by atoms with Crippen LogP contribution >= 0.6 is 0 Å². The van der Waals surface area contributed by atoms with Crippen molar-refractivity contribution in [1.82, 2.24) is 5.32 Å². The summed E-state index contributed by atoms with van der Waals surface area (Å²) in [7, 11) is 0. The molecule has 0 radical (unpaired) electrons. The molecule has 11 heavy (non-hydrogen) atoms. The van der Waals surface area contributed by atoms with Crippen LogP contribution in [0.4, 0.5) is 0 Å². The fourth-order valence-electron chi connectivity index (χ4n) is 0.644. The molecule has 0 aliphatic heterocycles. The molecule has 0 fully saturated rings. The van der Waals surface area contributed by atoms with Crippen molar-refractivity contribution in [3.8, 4) is 0 Å². The molecule has 60 valence electrons. The van der Waals surface area contributed by atoms with Crippen LogP contribution in [-0.4, -0.2) is 5.84 Å². The Kier molecular flexibility index (Phi) is 4.82. The maximum Gasteiger partial charge on any atom is 0.103 e. The van der Waals surface area contributed by atoms with Gasteiger partial charge in [0.2, 0.25) is 0 Å². The molecule has 1 N–H and O–H groups in total. The highest BCUT2D eigenvalue weighted by Crippen LogP contribution is 1.87. The Morgan fingerprint density at radius 2 is 2.18 bits per heavy atom. The van der Waals surface area contributed by atoms with E-state index in [1.165, 1.54) is 6.20 Å². The molecular formula is C9H14N2. The standard InChI is InChI=1S/C9H14N2/c1-5-7-8(3)11-9(4)10-6-2/h5-7H,2-3H2,1,4H3,(H,10,11)/b7-5-. The van der Waals surface area contributed by atoms with Crippen LogP contribution in [0.15, 0.2) is 42.2 Å². The lowest BCUT2D eigenvalue weighted by Crippen LogP contribution is -2.17. The lowest BCUT2D eigenvalue weighted by molar-refractivity contribution is 1.16. The number of hydrogen-bond acceptors (Lipinski definition) is 1. The number of aliphatic imine (C=N–C) groups is 1. The third-order valence-electron chi connectivity index (χ3n) is 0.994. The second-order valence-electron chi connectivity index (χ2n) is 2.05. The maximum atomic E-state index is 3.92. The first kappa shape index (κ1) is 9.69. The SMILES string of the molecule is C=CN=C(C)NC(=C)/C=C\C. The maximum absolute atomic E-state index is 3.92. The van der Waals surface area contributed by atoms with Crippen molar-refractivity contribution in [2.75, 3.05) is 0 Å². The number of amidine groups is 1. The molecule has 0 spiro atoms. The Morgan fingerprint density at radius 3 is 2.64 bits per heavy atom. The van der Waals surface area contributed by atoms with E-state index < -0.39 is 0 Å². The molecule has 2 nitrogen and oxygen atoms in total. The summed E-state index contributed by atoms with van der Waals surface area (Å²) < 4.78 is 0. The average Bonchev–Trinajstić information content (AvgIpc) is 1.87. The largest absolute Gasteiger partial charge is 0.345 e. The molecule has 0 rings (SSSR count). The van der Waals surface area contributed by atoms with Gasteiger partial charge in [-0.3, -0.25) is 0 Å². The minimum atomic E-state index is 0.795. The lowest BCUT2D eigenvalue weighted by Gasteiger charge is -2.02. The Bertz CT molecular complexity index is 200. The fraction of sp³-hybridized carbons (Fsp3) is 0.222. The highest BCUT2D eigenvalue weighted by Gasteiger charge is 1.87. The van der Waals surface area contributed by atoms with E-state index in [9.17, 15) is 0 Å². The van der Waals surface area contributed by atoms with Crippen molar-refractivity contribution in [2.45, 2.75) is 13.8 Å². The van der Waals surface area contributed by atoms with Crippen molar-refractivity contribution in [3.05, 3.63) is 37.2 Å². The van der Waals surface area contributed by atoms with Gasteiger partial charge in [-0.25, -0.2) is 4.99 Å². The van der Waals surface area contributed by atoms with E-state index in [0.717, 1.165) is 11.5 Å². The molecule has 0 aromatic rings. The topological polar surface area (TPSA) is 24.4 Å². The Hall–Kier alpha value is -1.31. The fourth-order valence-corrected chi connectivity index (χ4v) is 0.644. The summed E-state index contributed by atoms with van der Waals surface area (Å²) in [6.07, 6.45) is 5.28. The second kappa shape index (κ2) is 5.47. The average molecular weight is 150 g/mol. The zero-order valence-electron chi connectivity index (χ0n) is 7.09. The highest BCUT2D eigenvalue weighted by atomic mass is 15.0. The molecule has 0 aliphatic carbocycles. The van der Waals surface area contributed by atoms with Crippen molar-refractivity contribution < 1.29 is 0 Å². The second-order valence-corrected chi connectivity index (χ2v) is 2.05. The summed E-state index contributed by atoms with van der Waals surface area (Å²) in [5.41, 5.74) is 0.829. The molecule has 0 saturated heterocycles. The summed E-state index contributed by atoms with van der Waals surface area (Å²) in [5.74, 6) is 0.795. The molecular weight excluding hydrogens is 136 g/mol. The molecule has 0 unspecified atom stereocenters. The van der Waals surface area contributed by atoms with Crippen LogP contribution in [0, 0.1) is 0 Å². The molecule has 0 bridgehead atoms. The quantitative estimate of drug-likeness (QED) is 0.372.